The van der Waals surface area contributed by atoms with E-state index < -0.39 is 6.03 Å². The summed E-state index contributed by atoms with van der Waals surface area (Å²) in [4.78, 5) is 20.7. The molecule has 0 aliphatic carbocycles. The molecule has 70 valence electrons. The van der Waals surface area contributed by atoms with Gasteiger partial charge in [0.1, 0.15) is 5.78 Å². The number of nitrogens with two attached hydrogens (primary N) is 1. The number of hydrogen-bond acceptors (Lipinski definition) is 2. The molecular weight excluding hydrogens is 156 g/mol. The van der Waals surface area contributed by atoms with E-state index in [-0.39, 0.29) is 5.78 Å². The van der Waals surface area contributed by atoms with Crippen LogP contribution in [0.1, 0.15) is 32.6 Å². The van der Waals surface area contributed by atoms with Crippen LogP contribution in [0.2, 0.25) is 0 Å². The molecule has 0 heterocycles. The highest BCUT2D eigenvalue weighted by Crippen LogP contribution is 1.98. The number of carbonyl (C=O) groups excluding carboxylic acids is 2. The molecule has 0 bridgehead atoms. The van der Waals surface area contributed by atoms with Gasteiger partial charge in [0, 0.05) is 13.0 Å². The van der Waals surface area contributed by atoms with E-state index >= 15 is 0 Å². The van der Waals surface area contributed by atoms with Gasteiger partial charge in [-0.05, 0) is 19.8 Å². The molecule has 3 N–H and O–H groups in total. The molecular formula is C8H16N2O2. The Morgan fingerprint density at radius 2 is 1.92 bits per heavy atom. The summed E-state index contributed by atoms with van der Waals surface area (Å²) in [7, 11) is 0. The van der Waals surface area contributed by atoms with Crippen LogP contribution in [-0.4, -0.2) is 18.4 Å². The SMILES string of the molecule is CC(=O)CCCCCNC(N)=O. The van der Waals surface area contributed by atoms with E-state index in [9.17, 15) is 9.59 Å². The predicted molar refractivity (Wildman–Crippen MR) is 46.7 cm³/mol. The average molecular weight is 172 g/mol. The maximum atomic E-state index is 10.5. The van der Waals surface area contributed by atoms with Gasteiger partial charge in [0.05, 0.1) is 0 Å². The summed E-state index contributed by atoms with van der Waals surface area (Å²) >= 11 is 0. The van der Waals surface area contributed by atoms with Gasteiger partial charge in [-0.3, -0.25) is 0 Å². The number of amides is 2. The molecule has 4 nitrogen and oxygen atoms in total. The van der Waals surface area contributed by atoms with Gasteiger partial charge in [-0.25, -0.2) is 4.79 Å². The van der Waals surface area contributed by atoms with Crippen molar-refractivity contribution in [1.82, 2.24) is 5.32 Å². The van der Waals surface area contributed by atoms with Gasteiger partial charge in [-0.2, -0.15) is 0 Å². The van der Waals surface area contributed by atoms with Crippen LogP contribution in [0, 0.1) is 0 Å². The lowest BCUT2D eigenvalue weighted by atomic mass is 10.1. The number of nitrogens with one attached hydrogen (secondary N) is 1. The van der Waals surface area contributed by atoms with Crippen LogP contribution in [0.3, 0.4) is 0 Å². The predicted octanol–water partition coefficient (Wildman–Crippen LogP) is 0.804. The van der Waals surface area contributed by atoms with Gasteiger partial charge in [-0.1, -0.05) is 6.42 Å². The lowest BCUT2D eigenvalue weighted by molar-refractivity contribution is -0.117. The zero-order valence-electron chi connectivity index (χ0n) is 7.43. The summed E-state index contributed by atoms with van der Waals surface area (Å²) in [6.45, 7) is 2.19. The summed E-state index contributed by atoms with van der Waals surface area (Å²) in [5.41, 5.74) is 4.85. The molecule has 0 aromatic heterocycles. The summed E-state index contributed by atoms with van der Waals surface area (Å²) in [6, 6.07) is -0.485. The van der Waals surface area contributed by atoms with Gasteiger partial charge in [-0.15, -0.1) is 0 Å². The molecule has 0 saturated heterocycles. The van der Waals surface area contributed by atoms with Crippen molar-refractivity contribution in [3.8, 4) is 0 Å². The van der Waals surface area contributed by atoms with Crippen molar-refractivity contribution in [3.05, 3.63) is 0 Å². The zero-order valence-corrected chi connectivity index (χ0v) is 7.43. The van der Waals surface area contributed by atoms with E-state index in [0.29, 0.717) is 13.0 Å². The molecule has 0 atom stereocenters. The Morgan fingerprint density at radius 1 is 1.25 bits per heavy atom. The number of carbonyl (C=O) groups is 2. The fourth-order valence-corrected chi connectivity index (χ4v) is 0.887. The summed E-state index contributed by atoms with van der Waals surface area (Å²) in [6.07, 6.45) is 3.38. The lowest BCUT2D eigenvalue weighted by Crippen LogP contribution is -2.29. The van der Waals surface area contributed by atoms with E-state index in [2.05, 4.69) is 5.32 Å². The summed E-state index contributed by atoms with van der Waals surface area (Å²) in [5.74, 6) is 0.220. The fraction of sp³-hybridized carbons (Fsp3) is 0.750. The number of Topliss-reactive ketones (excluding diaryl/α,β-unsaturated/α-hetero) is 1. The minimum absolute atomic E-state index is 0.220. The largest absolute Gasteiger partial charge is 0.352 e. The third-order valence-corrected chi connectivity index (χ3v) is 1.50. The van der Waals surface area contributed by atoms with Gasteiger partial charge in [0.2, 0.25) is 0 Å². The number of ketones is 1. The van der Waals surface area contributed by atoms with Crippen LogP contribution in [0.5, 0.6) is 0 Å². The van der Waals surface area contributed by atoms with Gasteiger partial charge in [0.25, 0.3) is 0 Å². The third kappa shape index (κ3) is 8.94. The number of primary amides is 1. The molecule has 0 aliphatic heterocycles. The first kappa shape index (κ1) is 10.9. The Morgan fingerprint density at radius 3 is 2.42 bits per heavy atom. The molecule has 0 aromatic rings. The lowest BCUT2D eigenvalue weighted by Gasteiger charge is -2.00. The molecule has 0 saturated carbocycles. The maximum absolute atomic E-state index is 10.5. The zero-order chi connectivity index (χ0) is 9.40. The molecule has 4 heteroatoms. The van der Waals surface area contributed by atoms with Crippen LogP contribution in [0.25, 0.3) is 0 Å². The van der Waals surface area contributed by atoms with E-state index in [4.69, 9.17) is 5.73 Å². The van der Waals surface area contributed by atoms with Crippen molar-refractivity contribution in [2.75, 3.05) is 6.54 Å². The monoisotopic (exact) mass is 172 g/mol. The van der Waals surface area contributed by atoms with Gasteiger partial charge >= 0.3 is 6.03 Å². The van der Waals surface area contributed by atoms with E-state index in [1.807, 2.05) is 0 Å². The van der Waals surface area contributed by atoms with Crippen LogP contribution in [0.15, 0.2) is 0 Å². The second-order valence-electron chi connectivity index (χ2n) is 2.80. The minimum atomic E-state index is -0.485. The molecule has 12 heavy (non-hydrogen) atoms. The Kier molecular flexibility index (Phi) is 6.05. The van der Waals surface area contributed by atoms with Crippen molar-refractivity contribution < 1.29 is 9.59 Å². The second kappa shape index (κ2) is 6.64. The van der Waals surface area contributed by atoms with E-state index in [1.54, 1.807) is 6.92 Å². The molecule has 0 radical (unpaired) electrons. The quantitative estimate of drug-likeness (QED) is 0.582. The Labute approximate surface area is 72.5 Å². The molecule has 2 amide bonds. The number of urea groups is 1. The smallest absolute Gasteiger partial charge is 0.312 e. The Balaban J connectivity index is 3.01. The van der Waals surface area contributed by atoms with E-state index in [0.717, 1.165) is 19.3 Å². The average Bonchev–Trinajstić information content (AvgIpc) is 1.95. The highest BCUT2D eigenvalue weighted by atomic mass is 16.2. The molecule has 0 aliphatic rings. The van der Waals surface area contributed by atoms with Gasteiger partial charge < -0.3 is 15.8 Å². The topological polar surface area (TPSA) is 72.2 Å². The normalized spacial score (nSPS) is 9.42. The maximum Gasteiger partial charge on any atom is 0.312 e. The van der Waals surface area contributed by atoms with E-state index in [1.165, 1.54) is 0 Å². The molecule has 0 rings (SSSR count). The minimum Gasteiger partial charge on any atom is -0.352 e. The van der Waals surface area contributed by atoms with Crippen molar-refractivity contribution in [3.63, 3.8) is 0 Å². The highest BCUT2D eigenvalue weighted by Gasteiger charge is 1.94. The first-order valence-electron chi connectivity index (χ1n) is 4.15. The van der Waals surface area contributed by atoms with Crippen LogP contribution in [0.4, 0.5) is 4.79 Å². The van der Waals surface area contributed by atoms with Crippen molar-refractivity contribution >= 4 is 11.8 Å². The number of hydrogen-bond donors (Lipinski definition) is 2. The van der Waals surface area contributed by atoms with Crippen LogP contribution >= 0.6 is 0 Å². The standard InChI is InChI=1S/C8H16N2O2/c1-7(11)5-3-2-4-6-10-8(9)12/h2-6H2,1H3,(H3,9,10,12). The van der Waals surface area contributed by atoms with Gasteiger partial charge in [0.15, 0.2) is 0 Å². The van der Waals surface area contributed by atoms with Crippen molar-refractivity contribution in [2.45, 2.75) is 32.6 Å². The number of rotatable bonds is 6. The summed E-state index contributed by atoms with van der Waals surface area (Å²) in [5, 5.41) is 2.49. The molecule has 0 spiro atoms. The third-order valence-electron chi connectivity index (χ3n) is 1.50. The first-order valence-corrected chi connectivity index (χ1v) is 4.15. The Bertz CT molecular complexity index is 139. The fourth-order valence-electron chi connectivity index (χ4n) is 0.887. The molecule has 0 fully saturated rings. The summed E-state index contributed by atoms with van der Waals surface area (Å²) < 4.78 is 0. The second-order valence-corrected chi connectivity index (χ2v) is 2.80. The van der Waals surface area contributed by atoms with Crippen molar-refractivity contribution in [2.24, 2.45) is 5.73 Å². The molecule has 0 aromatic carbocycles. The van der Waals surface area contributed by atoms with Crippen LogP contribution in [-0.2, 0) is 4.79 Å². The highest BCUT2D eigenvalue weighted by molar-refractivity contribution is 5.75. The Hall–Kier alpha value is -1.06. The first-order chi connectivity index (χ1) is 5.63. The number of unbranched alkanes of at least 4 members (excludes halogenated alkanes) is 2. The van der Waals surface area contributed by atoms with Crippen LogP contribution < -0.4 is 11.1 Å². The van der Waals surface area contributed by atoms with Crippen molar-refractivity contribution in [1.29, 1.82) is 0 Å². The molecule has 0 unspecified atom stereocenters.